The van der Waals surface area contributed by atoms with E-state index < -0.39 is 23.3 Å². The van der Waals surface area contributed by atoms with Gasteiger partial charge in [0.15, 0.2) is 11.6 Å². The Kier molecular flexibility index (Phi) is 9.03. The summed E-state index contributed by atoms with van der Waals surface area (Å²) in [5.74, 6) is -2.28. The Morgan fingerprint density at radius 1 is 0.914 bits per heavy atom. The van der Waals surface area contributed by atoms with Crippen LogP contribution in [-0.2, 0) is 20.8 Å². The van der Waals surface area contributed by atoms with Crippen LogP contribution in [0.5, 0.6) is 0 Å². The maximum absolute atomic E-state index is 14.0. The van der Waals surface area contributed by atoms with Gasteiger partial charge in [0.2, 0.25) is 0 Å². The second-order valence-corrected chi connectivity index (χ2v) is 9.21. The van der Waals surface area contributed by atoms with Crippen LogP contribution < -0.4 is 0 Å². The summed E-state index contributed by atoms with van der Waals surface area (Å²) in [5, 5.41) is 9.13. The Morgan fingerprint density at radius 3 is 2.14 bits per heavy atom. The normalized spacial score (nSPS) is 14.6. The van der Waals surface area contributed by atoms with Gasteiger partial charge in [0.1, 0.15) is 11.3 Å². The topological polar surface area (TPSA) is 93.5 Å². The maximum Gasteiger partial charge on any atom is 0.410 e. The number of carbonyl (C=O) groups excluding carboxylic acids is 2. The molecule has 1 fully saturated rings. The lowest BCUT2D eigenvalue weighted by Crippen LogP contribution is -2.51. The largest absolute Gasteiger partial charge is 0.444 e. The number of aromatic nitrogens is 1. The van der Waals surface area contributed by atoms with Crippen LogP contribution in [0.1, 0.15) is 31.3 Å². The number of hydrogen-bond acceptors (Lipinski definition) is 6. The van der Waals surface area contributed by atoms with Gasteiger partial charge < -0.3 is 33.7 Å². The fourth-order valence-corrected chi connectivity index (χ4v) is 3.80. The van der Waals surface area contributed by atoms with E-state index in [9.17, 15) is 18.4 Å². The van der Waals surface area contributed by atoms with Crippen molar-refractivity contribution < 1.29 is 37.7 Å². The van der Waals surface area contributed by atoms with Crippen LogP contribution in [0.25, 0.3) is 10.9 Å². The molecule has 0 aliphatic carbocycles. The van der Waals surface area contributed by atoms with E-state index in [1.54, 1.807) is 41.2 Å². The first-order valence-corrected chi connectivity index (χ1v) is 11.6. The number of piperazine rings is 1. The molecule has 194 valence electrons. The predicted molar refractivity (Wildman–Crippen MR) is 124 cm³/mol. The van der Waals surface area contributed by atoms with E-state index in [-0.39, 0.29) is 44.6 Å². The third-order valence-electron chi connectivity index (χ3n) is 5.45. The van der Waals surface area contributed by atoms with E-state index >= 15 is 0 Å². The minimum Gasteiger partial charge on any atom is -0.444 e. The Morgan fingerprint density at radius 2 is 1.51 bits per heavy atom. The molecule has 1 saturated heterocycles. The van der Waals surface area contributed by atoms with Gasteiger partial charge in [-0.15, -0.1) is 0 Å². The van der Waals surface area contributed by atoms with E-state index in [0.717, 1.165) is 12.1 Å². The van der Waals surface area contributed by atoms with E-state index in [2.05, 4.69) is 0 Å². The Balaban J connectivity index is 1.70. The van der Waals surface area contributed by atoms with Crippen molar-refractivity contribution in [3.8, 4) is 0 Å². The first kappa shape index (κ1) is 26.8. The van der Waals surface area contributed by atoms with Crippen LogP contribution >= 0.6 is 0 Å². The van der Waals surface area contributed by atoms with Gasteiger partial charge in [-0.1, -0.05) is 0 Å². The van der Waals surface area contributed by atoms with Crippen molar-refractivity contribution in [2.24, 2.45) is 0 Å². The van der Waals surface area contributed by atoms with Crippen molar-refractivity contribution in [2.75, 3.05) is 59.2 Å². The molecule has 1 N–H and O–H groups in total. The number of aliphatic hydroxyl groups excluding tert-OH is 1. The summed E-state index contributed by atoms with van der Waals surface area (Å²) in [5.41, 5.74) is 0.0679. The molecule has 2 heterocycles. The van der Waals surface area contributed by atoms with E-state index in [1.807, 2.05) is 0 Å². The van der Waals surface area contributed by atoms with Crippen LogP contribution in [0.2, 0.25) is 0 Å². The predicted octanol–water partition coefficient (Wildman–Crippen LogP) is 2.64. The average molecular weight is 498 g/mol. The van der Waals surface area contributed by atoms with E-state index in [0.29, 0.717) is 43.7 Å². The number of ether oxygens (including phenoxy) is 3. The van der Waals surface area contributed by atoms with Gasteiger partial charge in [0, 0.05) is 44.2 Å². The Labute approximate surface area is 203 Å². The van der Waals surface area contributed by atoms with Crippen molar-refractivity contribution >= 4 is 22.9 Å². The number of rotatable bonds is 9. The van der Waals surface area contributed by atoms with Crippen molar-refractivity contribution in [3.05, 3.63) is 35.5 Å². The monoisotopic (exact) mass is 497 g/mol. The highest BCUT2D eigenvalue weighted by Gasteiger charge is 2.29. The lowest BCUT2D eigenvalue weighted by Gasteiger charge is -2.35. The molecule has 0 spiro atoms. The molecule has 0 unspecified atom stereocenters. The molecule has 0 bridgehead atoms. The molecule has 2 amide bonds. The summed E-state index contributed by atoms with van der Waals surface area (Å²) >= 11 is 0. The third kappa shape index (κ3) is 7.12. The highest BCUT2D eigenvalue weighted by atomic mass is 19.2. The molecular weight excluding hydrogens is 464 g/mol. The van der Waals surface area contributed by atoms with Gasteiger partial charge >= 0.3 is 6.09 Å². The number of amides is 2. The lowest BCUT2D eigenvalue weighted by atomic mass is 10.2. The number of aliphatic hydroxyl groups is 1. The third-order valence-corrected chi connectivity index (χ3v) is 5.45. The van der Waals surface area contributed by atoms with E-state index in [4.69, 9.17) is 19.3 Å². The zero-order chi connectivity index (χ0) is 25.6. The molecule has 2 aromatic rings. The molecule has 1 aromatic heterocycles. The van der Waals surface area contributed by atoms with Crippen LogP contribution in [0.3, 0.4) is 0 Å². The molecule has 35 heavy (non-hydrogen) atoms. The van der Waals surface area contributed by atoms with E-state index in [1.165, 1.54) is 0 Å². The second-order valence-electron chi connectivity index (χ2n) is 9.21. The van der Waals surface area contributed by atoms with Gasteiger partial charge in [-0.3, -0.25) is 4.79 Å². The van der Waals surface area contributed by atoms with Crippen molar-refractivity contribution in [1.29, 1.82) is 0 Å². The quantitative estimate of drug-likeness (QED) is 0.536. The smallest absolute Gasteiger partial charge is 0.410 e. The first-order valence-electron chi connectivity index (χ1n) is 11.6. The number of hydrogen-bond donors (Lipinski definition) is 1. The Hall–Kier alpha value is -2.76. The van der Waals surface area contributed by atoms with Crippen LogP contribution in [0.4, 0.5) is 13.6 Å². The van der Waals surface area contributed by atoms with Crippen LogP contribution in [0, 0.1) is 11.6 Å². The van der Waals surface area contributed by atoms with Crippen molar-refractivity contribution in [3.63, 3.8) is 0 Å². The SMILES string of the molecule is CC(C)(C)OC(=O)N1CCN(C(=O)c2cc3cc(F)c(F)cc3n2CCOCCOCCO)CC1. The lowest BCUT2D eigenvalue weighted by molar-refractivity contribution is 0.0138. The van der Waals surface area contributed by atoms with Crippen molar-refractivity contribution in [2.45, 2.75) is 32.9 Å². The summed E-state index contributed by atoms with van der Waals surface area (Å²) in [6.07, 6.45) is -0.426. The molecule has 11 heteroatoms. The number of halogens is 2. The van der Waals surface area contributed by atoms with Gasteiger partial charge in [-0.25, -0.2) is 13.6 Å². The summed E-state index contributed by atoms with van der Waals surface area (Å²) < 4.78 is 45.5. The standard InChI is InChI=1S/C24H33F2N3O6/c1-24(2,3)35-23(32)28-6-4-27(5-7-28)22(31)21-15-17-14-18(25)19(26)16-20(17)29(21)8-10-33-12-13-34-11-9-30/h14-16,30H,4-13H2,1-3H3. The summed E-state index contributed by atoms with van der Waals surface area (Å²) in [6, 6.07) is 3.69. The fourth-order valence-electron chi connectivity index (χ4n) is 3.80. The molecular formula is C24H33F2N3O6. The zero-order valence-electron chi connectivity index (χ0n) is 20.4. The van der Waals surface area contributed by atoms with Gasteiger partial charge in [-0.2, -0.15) is 0 Å². The summed E-state index contributed by atoms with van der Waals surface area (Å²) in [4.78, 5) is 28.9. The average Bonchev–Trinajstić information content (AvgIpc) is 3.14. The van der Waals surface area contributed by atoms with Crippen LogP contribution in [-0.4, -0.2) is 96.3 Å². The Bertz CT molecular complexity index is 1030. The summed E-state index contributed by atoms with van der Waals surface area (Å²) in [7, 11) is 0. The molecule has 0 saturated carbocycles. The number of benzene rings is 1. The molecule has 1 aliphatic heterocycles. The minimum absolute atomic E-state index is 0.0744. The van der Waals surface area contributed by atoms with Gasteiger partial charge in [0.25, 0.3) is 5.91 Å². The second kappa shape index (κ2) is 11.8. The highest BCUT2D eigenvalue weighted by molar-refractivity contribution is 5.99. The number of fused-ring (bicyclic) bond motifs is 1. The minimum atomic E-state index is -1.000. The van der Waals surface area contributed by atoms with Crippen LogP contribution in [0.15, 0.2) is 18.2 Å². The molecule has 9 nitrogen and oxygen atoms in total. The van der Waals surface area contributed by atoms with Gasteiger partial charge in [0.05, 0.1) is 38.6 Å². The number of carbonyl (C=O) groups is 2. The molecule has 3 rings (SSSR count). The van der Waals surface area contributed by atoms with Crippen molar-refractivity contribution in [1.82, 2.24) is 14.4 Å². The fraction of sp³-hybridized carbons (Fsp3) is 0.583. The van der Waals surface area contributed by atoms with Gasteiger partial charge in [-0.05, 0) is 32.9 Å². The number of nitrogens with zero attached hydrogens (tertiary/aromatic N) is 3. The molecule has 0 atom stereocenters. The maximum atomic E-state index is 14.0. The summed E-state index contributed by atoms with van der Waals surface area (Å²) in [6.45, 7) is 7.84. The highest BCUT2D eigenvalue weighted by Crippen LogP contribution is 2.25. The zero-order valence-corrected chi connectivity index (χ0v) is 20.4. The molecule has 1 aromatic carbocycles. The first-order chi connectivity index (χ1) is 16.6. The molecule has 1 aliphatic rings. The molecule has 0 radical (unpaired) electrons.